The summed E-state index contributed by atoms with van der Waals surface area (Å²) in [5.41, 5.74) is 2.75. The van der Waals surface area contributed by atoms with Gasteiger partial charge in [0.2, 0.25) is 5.91 Å². The Bertz CT molecular complexity index is 951. The summed E-state index contributed by atoms with van der Waals surface area (Å²) in [6.45, 7) is 2.05. The molecule has 162 valence electrons. The number of benzene rings is 2. The fraction of sp³-hybridized carbons (Fsp3) is 0.333. The van der Waals surface area contributed by atoms with Gasteiger partial charge in [-0.15, -0.1) is 0 Å². The lowest BCUT2D eigenvalue weighted by atomic mass is 10.1. The molecule has 7 heteroatoms. The predicted octanol–water partition coefficient (Wildman–Crippen LogP) is 2.92. The highest BCUT2D eigenvalue weighted by molar-refractivity contribution is 5.99. The number of hydrogen-bond acceptors (Lipinski definition) is 5. The molecule has 0 unspecified atom stereocenters. The summed E-state index contributed by atoms with van der Waals surface area (Å²) >= 11 is 0. The first-order valence-electron chi connectivity index (χ1n) is 10.4. The number of amides is 2. The third-order valence-corrected chi connectivity index (χ3v) is 5.09. The highest BCUT2D eigenvalue weighted by Gasteiger charge is 2.21. The van der Waals surface area contributed by atoms with Crippen LogP contribution in [0.5, 0.6) is 0 Å². The van der Waals surface area contributed by atoms with Gasteiger partial charge in [0.25, 0.3) is 5.91 Å². The smallest absolute Gasteiger partial charge is 0.325 e. The molecule has 2 aromatic rings. The second kappa shape index (κ2) is 10.5. The Morgan fingerprint density at radius 2 is 1.68 bits per heavy atom. The zero-order valence-corrected chi connectivity index (χ0v) is 17.6. The first kappa shape index (κ1) is 22.2. The van der Waals surface area contributed by atoms with E-state index in [0.29, 0.717) is 24.1 Å². The summed E-state index contributed by atoms with van der Waals surface area (Å²) in [5.74, 6) is -1.35. The number of carbonyl (C=O) groups is 4. The van der Waals surface area contributed by atoms with Crippen LogP contribution >= 0.6 is 0 Å². The molecule has 1 N–H and O–H groups in total. The average molecular weight is 422 g/mol. The molecule has 1 aliphatic heterocycles. The van der Waals surface area contributed by atoms with Crippen molar-refractivity contribution in [2.75, 3.05) is 24.6 Å². The number of nitrogens with one attached hydrogen (secondary N) is 1. The monoisotopic (exact) mass is 422 g/mol. The lowest BCUT2D eigenvalue weighted by Crippen LogP contribution is -2.31. The van der Waals surface area contributed by atoms with Crippen LogP contribution in [0, 0.1) is 0 Å². The van der Waals surface area contributed by atoms with Gasteiger partial charge in [0.05, 0.1) is 0 Å². The Hall–Kier alpha value is -3.48. The molecule has 0 radical (unpaired) electrons. The quantitative estimate of drug-likeness (QED) is 0.495. The predicted molar refractivity (Wildman–Crippen MR) is 116 cm³/mol. The van der Waals surface area contributed by atoms with E-state index in [0.717, 1.165) is 30.5 Å². The van der Waals surface area contributed by atoms with Crippen LogP contribution in [0.3, 0.4) is 0 Å². The largest absolute Gasteiger partial charge is 0.456 e. The van der Waals surface area contributed by atoms with Crippen LogP contribution in [0.4, 0.5) is 5.69 Å². The van der Waals surface area contributed by atoms with Crippen molar-refractivity contribution in [2.24, 2.45) is 0 Å². The normalized spacial score (nSPS) is 13.2. The number of carbonyl (C=O) groups excluding carboxylic acids is 4. The fourth-order valence-electron chi connectivity index (χ4n) is 3.39. The van der Waals surface area contributed by atoms with E-state index in [1.807, 2.05) is 12.1 Å². The Morgan fingerprint density at radius 3 is 2.29 bits per heavy atom. The summed E-state index contributed by atoms with van der Waals surface area (Å²) in [7, 11) is 0. The SMILES string of the molecule is CCCc1ccc(C(=O)COC(=O)CNC(=O)c2ccc(N3CCCC3=O)cc2)cc1. The van der Waals surface area contributed by atoms with Gasteiger partial charge in [0.15, 0.2) is 12.4 Å². The van der Waals surface area contributed by atoms with Gasteiger partial charge in [-0.25, -0.2) is 0 Å². The lowest BCUT2D eigenvalue weighted by Gasteiger charge is -2.15. The van der Waals surface area contributed by atoms with Crippen LogP contribution in [0.25, 0.3) is 0 Å². The van der Waals surface area contributed by atoms with E-state index in [1.54, 1.807) is 41.3 Å². The number of ketones is 1. The number of nitrogens with zero attached hydrogens (tertiary/aromatic N) is 1. The van der Waals surface area contributed by atoms with Crippen molar-refractivity contribution in [3.05, 3.63) is 65.2 Å². The molecule has 0 aromatic heterocycles. The minimum Gasteiger partial charge on any atom is -0.456 e. The molecule has 2 amide bonds. The van der Waals surface area contributed by atoms with E-state index in [4.69, 9.17) is 4.74 Å². The van der Waals surface area contributed by atoms with E-state index in [9.17, 15) is 19.2 Å². The molecular weight excluding hydrogens is 396 g/mol. The maximum atomic E-state index is 12.2. The van der Waals surface area contributed by atoms with E-state index >= 15 is 0 Å². The molecule has 1 aliphatic rings. The Labute approximate surface area is 181 Å². The number of esters is 1. The number of rotatable bonds is 9. The maximum absolute atomic E-state index is 12.2. The van der Waals surface area contributed by atoms with Crippen LogP contribution < -0.4 is 10.2 Å². The number of hydrogen-bond donors (Lipinski definition) is 1. The van der Waals surface area contributed by atoms with E-state index < -0.39 is 11.9 Å². The highest BCUT2D eigenvalue weighted by Crippen LogP contribution is 2.21. The summed E-state index contributed by atoms with van der Waals surface area (Å²) in [6, 6.07) is 13.9. The summed E-state index contributed by atoms with van der Waals surface area (Å²) < 4.78 is 4.97. The van der Waals surface area contributed by atoms with Gasteiger partial charge in [0.1, 0.15) is 6.54 Å². The van der Waals surface area contributed by atoms with Crippen LogP contribution in [0.1, 0.15) is 52.5 Å². The van der Waals surface area contributed by atoms with Crippen LogP contribution in [0.2, 0.25) is 0 Å². The van der Waals surface area contributed by atoms with Gasteiger partial charge in [0, 0.05) is 29.8 Å². The molecule has 1 heterocycles. The van der Waals surface area contributed by atoms with Crippen molar-refractivity contribution >= 4 is 29.3 Å². The Balaban J connectivity index is 1.43. The van der Waals surface area contributed by atoms with Gasteiger partial charge in [-0.05, 0) is 42.7 Å². The van der Waals surface area contributed by atoms with Crippen molar-refractivity contribution < 1.29 is 23.9 Å². The topological polar surface area (TPSA) is 92.8 Å². The molecule has 0 spiro atoms. The molecular formula is C24H26N2O5. The Kier molecular flexibility index (Phi) is 7.54. The standard InChI is InChI=1S/C24H26N2O5/c1-2-4-17-6-8-18(9-7-17)21(27)16-31-23(29)15-25-24(30)19-10-12-20(13-11-19)26-14-3-5-22(26)28/h6-13H,2-5,14-16H2,1H3,(H,25,30). The third-order valence-electron chi connectivity index (χ3n) is 5.09. The molecule has 1 saturated heterocycles. The first-order valence-corrected chi connectivity index (χ1v) is 10.4. The summed E-state index contributed by atoms with van der Waals surface area (Å²) in [6.07, 6.45) is 3.34. The lowest BCUT2D eigenvalue weighted by molar-refractivity contribution is -0.141. The van der Waals surface area contributed by atoms with Crippen LogP contribution in [0.15, 0.2) is 48.5 Å². The highest BCUT2D eigenvalue weighted by atomic mass is 16.5. The number of Topliss-reactive ketones (excluding diaryl/α,β-unsaturated/α-hetero) is 1. The molecule has 3 rings (SSSR count). The zero-order valence-electron chi connectivity index (χ0n) is 17.6. The summed E-state index contributed by atoms with van der Waals surface area (Å²) in [5, 5.41) is 2.48. The van der Waals surface area contributed by atoms with Crippen molar-refractivity contribution in [3.8, 4) is 0 Å². The average Bonchev–Trinajstić information content (AvgIpc) is 3.22. The Morgan fingerprint density at radius 1 is 1.00 bits per heavy atom. The molecule has 0 aliphatic carbocycles. The number of ether oxygens (including phenoxy) is 1. The molecule has 0 bridgehead atoms. The molecule has 0 saturated carbocycles. The van der Waals surface area contributed by atoms with Crippen molar-refractivity contribution in [3.63, 3.8) is 0 Å². The van der Waals surface area contributed by atoms with Crippen molar-refractivity contribution in [2.45, 2.75) is 32.6 Å². The minimum absolute atomic E-state index is 0.0754. The fourth-order valence-corrected chi connectivity index (χ4v) is 3.39. The van der Waals surface area contributed by atoms with Gasteiger partial charge in [-0.3, -0.25) is 19.2 Å². The van der Waals surface area contributed by atoms with Crippen molar-refractivity contribution in [1.29, 1.82) is 0 Å². The summed E-state index contributed by atoms with van der Waals surface area (Å²) in [4.78, 5) is 49.7. The minimum atomic E-state index is -0.691. The van der Waals surface area contributed by atoms with Crippen LogP contribution in [-0.2, 0) is 20.7 Å². The maximum Gasteiger partial charge on any atom is 0.325 e. The molecule has 31 heavy (non-hydrogen) atoms. The van der Waals surface area contributed by atoms with Gasteiger partial charge in [-0.1, -0.05) is 37.6 Å². The van der Waals surface area contributed by atoms with Crippen LogP contribution in [-0.4, -0.2) is 43.3 Å². The van der Waals surface area contributed by atoms with E-state index in [-0.39, 0.29) is 24.8 Å². The van der Waals surface area contributed by atoms with E-state index in [1.165, 1.54) is 0 Å². The molecule has 2 aromatic carbocycles. The van der Waals surface area contributed by atoms with Gasteiger partial charge >= 0.3 is 5.97 Å². The van der Waals surface area contributed by atoms with E-state index in [2.05, 4.69) is 12.2 Å². The second-order valence-electron chi connectivity index (χ2n) is 7.41. The van der Waals surface area contributed by atoms with Gasteiger partial charge in [-0.2, -0.15) is 0 Å². The number of aryl methyl sites for hydroxylation is 1. The third kappa shape index (κ3) is 6.01. The number of anilines is 1. The molecule has 1 fully saturated rings. The van der Waals surface area contributed by atoms with Crippen molar-refractivity contribution in [1.82, 2.24) is 5.32 Å². The first-order chi connectivity index (χ1) is 15.0. The molecule has 0 atom stereocenters. The zero-order chi connectivity index (χ0) is 22.2. The second-order valence-corrected chi connectivity index (χ2v) is 7.41. The van der Waals surface area contributed by atoms with Gasteiger partial charge < -0.3 is 15.0 Å². The molecule has 7 nitrogen and oxygen atoms in total.